The summed E-state index contributed by atoms with van der Waals surface area (Å²) in [6, 6.07) is 28.4. The van der Waals surface area contributed by atoms with E-state index in [1.165, 1.54) is 20.8 Å². The SMILES string of the molecule is C=CCO[C@@H]1O[C@@H]2COC(c3ccccc3)O[C@H]2[C@H](O[C@@H]2O[C@H](COCc3ccccc3)[C@H](OC(C)=O)[C@H](OC(C)=O)[C@H]2OC(C)=O)[C@H]1OCc1ccccc1. The van der Waals surface area contributed by atoms with Gasteiger partial charge in [0.2, 0.25) is 0 Å². The summed E-state index contributed by atoms with van der Waals surface area (Å²) in [5.41, 5.74) is 2.52. The summed E-state index contributed by atoms with van der Waals surface area (Å²) in [5.74, 6) is -2.14. The van der Waals surface area contributed by atoms with Gasteiger partial charge in [-0.15, -0.1) is 6.58 Å². The predicted octanol–water partition coefficient (Wildman–Crippen LogP) is 4.74. The highest BCUT2D eigenvalue weighted by molar-refractivity contribution is 5.68. The lowest BCUT2D eigenvalue weighted by atomic mass is 9.95. The van der Waals surface area contributed by atoms with Crippen LogP contribution in [-0.2, 0) is 79.7 Å². The van der Waals surface area contributed by atoms with Crippen LogP contribution in [0.4, 0.5) is 0 Å². The fraction of sp³-hybridized carbons (Fsp3) is 0.452. The lowest BCUT2D eigenvalue weighted by Gasteiger charge is -2.51. The van der Waals surface area contributed by atoms with Crippen molar-refractivity contribution in [3.63, 3.8) is 0 Å². The molecule has 0 radical (unpaired) electrons. The first-order valence-corrected chi connectivity index (χ1v) is 18.5. The van der Waals surface area contributed by atoms with Gasteiger partial charge in [0.25, 0.3) is 0 Å². The van der Waals surface area contributed by atoms with Crippen molar-refractivity contribution in [2.75, 3.05) is 19.8 Å². The lowest BCUT2D eigenvalue weighted by molar-refractivity contribution is -0.396. The molecule has 300 valence electrons. The molecule has 1 unspecified atom stereocenters. The maximum atomic E-state index is 12.7. The Morgan fingerprint density at radius 3 is 1.88 bits per heavy atom. The van der Waals surface area contributed by atoms with Gasteiger partial charge in [-0.1, -0.05) is 97.1 Å². The van der Waals surface area contributed by atoms with Crippen molar-refractivity contribution in [1.29, 1.82) is 0 Å². The Hall–Kier alpha value is -4.51. The fourth-order valence-corrected chi connectivity index (χ4v) is 6.84. The van der Waals surface area contributed by atoms with Gasteiger partial charge >= 0.3 is 17.9 Å². The highest BCUT2D eigenvalue weighted by atomic mass is 16.8. The first-order valence-electron chi connectivity index (χ1n) is 18.5. The molecule has 0 aliphatic carbocycles. The second kappa shape index (κ2) is 20.1. The van der Waals surface area contributed by atoms with Gasteiger partial charge < -0.3 is 52.1 Å². The Morgan fingerprint density at radius 2 is 1.25 bits per heavy atom. The first kappa shape index (κ1) is 41.1. The van der Waals surface area contributed by atoms with Crippen LogP contribution in [0.5, 0.6) is 0 Å². The van der Waals surface area contributed by atoms with Crippen molar-refractivity contribution in [2.24, 2.45) is 0 Å². The minimum absolute atomic E-state index is 0.100. The van der Waals surface area contributed by atoms with Crippen LogP contribution in [0.1, 0.15) is 43.8 Å². The number of carbonyl (C=O) groups excluding carboxylic acids is 3. The second-order valence-electron chi connectivity index (χ2n) is 13.5. The van der Waals surface area contributed by atoms with E-state index in [0.717, 1.165) is 16.7 Å². The fourth-order valence-electron chi connectivity index (χ4n) is 6.84. The van der Waals surface area contributed by atoms with Crippen molar-refractivity contribution >= 4 is 17.9 Å². The molecule has 3 aromatic carbocycles. The molecule has 0 spiro atoms. The van der Waals surface area contributed by atoms with Gasteiger partial charge in [-0.25, -0.2) is 0 Å². The van der Waals surface area contributed by atoms with E-state index in [1.807, 2.05) is 91.0 Å². The summed E-state index contributed by atoms with van der Waals surface area (Å²) in [4.78, 5) is 37.9. The molecule has 14 heteroatoms. The molecule has 0 saturated carbocycles. The summed E-state index contributed by atoms with van der Waals surface area (Å²) in [6.07, 6.45) is -10.4. The monoisotopic (exact) mass is 776 g/mol. The minimum Gasteiger partial charge on any atom is -0.456 e. The molecular weight excluding hydrogens is 728 g/mol. The van der Waals surface area contributed by atoms with Crippen molar-refractivity contribution < 1.29 is 66.5 Å². The molecular formula is C42H48O14. The quantitative estimate of drug-likeness (QED) is 0.112. The maximum Gasteiger partial charge on any atom is 0.303 e. The van der Waals surface area contributed by atoms with Gasteiger partial charge in [-0.05, 0) is 11.1 Å². The molecule has 3 aliphatic rings. The predicted molar refractivity (Wildman–Crippen MR) is 196 cm³/mol. The maximum absolute atomic E-state index is 12.7. The Kier molecular flexibility index (Phi) is 14.7. The van der Waals surface area contributed by atoms with Gasteiger partial charge in [0.15, 0.2) is 37.2 Å². The molecule has 6 rings (SSSR count). The zero-order valence-corrected chi connectivity index (χ0v) is 31.5. The molecule has 3 aromatic rings. The number of rotatable bonds is 16. The van der Waals surface area contributed by atoms with Gasteiger partial charge in [0.05, 0.1) is 33.0 Å². The Bertz CT molecular complexity index is 1710. The standard InChI is InChI=1S/C42H48O14/c1-5-21-47-41-38(48-23-30-17-11-7-12-18-30)36(35-33(53-41)25-49-40(55-35)31-19-13-8-14-20-31)56-42-39(52-28(4)45)37(51-27(3)44)34(50-26(2)43)32(54-42)24-46-22-29-15-9-6-10-16-29/h5-20,32-42H,1,21-25H2,2-4H3/t32-,33-,34+,35-,36+,37+,38-,39-,40?,41-,42+/m1/s1. The molecule has 3 fully saturated rings. The summed E-state index contributed by atoms with van der Waals surface area (Å²) in [5, 5.41) is 0. The van der Waals surface area contributed by atoms with Gasteiger partial charge in [-0.3, -0.25) is 14.4 Å². The Labute approximate surface area is 325 Å². The average molecular weight is 777 g/mol. The molecule has 0 amide bonds. The van der Waals surface area contributed by atoms with Crippen LogP contribution in [0.15, 0.2) is 104 Å². The Balaban J connectivity index is 1.38. The molecule has 56 heavy (non-hydrogen) atoms. The number of benzene rings is 3. The molecule has 0 N–H and O–H groups in total. The number of carbonyl (C=O) groups is 3. The van der Waals surface area contributed by atoms with E-state index in [1.54, 1.807) is 6.08 Å². The van der Waals surface area contributed by atoms with E-state index in [2.05, 4.69) is 6.58 Å². The smallest absolute Gasteiger partial charge is 0.303 e. The van der Waals surface area contributed by atoms with E-state index in [9.17, 15) is 14.4 Å². The molecule has 14 nitrogen and oxygen atoms in total. The third-order valence-electron chi connectivity index (χ3n) is 9.20. The van der Waals surface area contributed by atoms with Crippen molar-refractivity contribution in [1.82, 2.24) is 0 Å². The number of hydrogen-bond acceptors (Lipinski definition) is 14. The van der Waals surface area contributed by atoms with Crippen molar-refractivity contribution in [3.05, 3.63) is 120 Å². The average Bonchev–Trinajstić information content (AvgIpc) is 3.19. The number of hydrogen-bond donors (Lipinski definition) is 0. The minimum atomic E-state index is -1.45. The summed E-state index contributed by atoms with van der Waals surface area (Å²) in [7, 11) is 0. The summed E-state index contributed by atoms with van der Waals surface area (Å²) < 4.78 is 68.7. The molecule has 3 saturated heterocycles. The molecule has 3 aliphatic heterocycles. The van der Waals surface area contributed by atoms with Gasteiger partial charge in [0, 0.05) is 26.3 Å². The van der Waals surface area contributed by atoms with E-state index < -0.39 is 85.6 Å². The molecule has 3 heterocycles. The summed E-state index contributed by atoms with van der Waals surface area (Å²) in [6.45, 7) is 7.81. The zero-order valence-electron chi connectivity index (χ0n) is 31.5. The van der Waals surface area contributed by atoms with Crippen LogP contribution in [0.25, 0.3) is 0 Å². The Morgan fingerprint density at radius 1 is 0.661 bits per heavy atom. The van der Waals surface area contributed by atoms with Crippen LogP contribution in [0.2, 0.25) is 0 Å². The van der Waals surface area contributed by atoms with E-state index in [4.69, 9.17) is 52.1 Å². The first-order chi connectivity index (χ1) is 27.2. The number of fused-ring (bicyclic) bond motifs is 1. The second-order valence-corrected chi connectivity index (χ2v) is 13.5. The summed E-state index contributed by atoms with van der Waals surface area (Å²) >= 11 is 0. The number of esters is 3. The topological polar surface area (TPSA) is 153 Å². The van der Waals surface area contributed by atoms with Crippen LogP contribution in [0.3, 0.4) is 0 Å². The zero-order chi connectivity index (χ0) is 39.4. The normalized spacial score (nSPS) is 30.0. The molecule has 0 bridgehead atoms. The van der Waals surface area contributed by atoms with Crippen LogP contribution in [-0.4, -0.2) is 99.1 Å². The van der Waals surface area contributed by atoms with Crippen LogP contribution >= 0.6 is 0 Å². The van der Waals surface area contributed by atoms with Gasteiger partial charge in [-0.2, -0.15) is 0 Å². The lowest BCUT2D eigenvalue weighted by Crippen LogP contribution is -2.67. The largest absolute Gasteiger partial charge is 0.456 e. The van der Waals surface area contributed by atoms with Crippen molar-refractivity contribution in [2.45, 2.75) is 102 Å². The molecule has 11 atom stereocenters. The third-order valence-corrected chi connectivity index (χ3v) is 9.20. The third kappa shape index (κ3) is 10.9. The van der Waals surface area contributed by atoms with E-state index in [-0.39, 0.29) is 33.0 Å². The highest BCUT2D eigenvalue weighted by Crippen LogP contribution is 2.39. The van der Waals surface area contributed by atoms with Crippen LogP contribution < -0.4 is 0 Å². The number of ether oxygens (including phenoxy) is 11. The highest BCUT2D eigenvalue weighted by Gasteiger charge is 2.57. The van der Waals surface area contributed by atoms with E-state index >= 15 is 0 Å². The van der Waals surface area contributed by atoms with E-state index in [0.29, 0.717) is 0 Å². The van der Waals surface area contributed by atoms with Crippen molar-refractivity contribution in [3.8, 4) is 0 Å². The van der Waals surface area contributed by atoms with Gasteiger partial charge in [0.1, 0.15) is 30.5 Å². The van der Waals surface area contributed by atoms with Crippen LogP contribution in [0, 0.1) is 0 Å². The molecule has 0 aromatic heterocycles.